The molecular formula is C13H13N3O2. The summed E-state index contributed by atoms with van der Waals surface area (Å²) in [6.07, 6.45) is 8.79. The Bertz CT molecular complexity index is 598. The van der Waals surface area contributed by atoms with Gasteiger partial charge in [-0.15, -0.1) is 6.42 Å². The van der Waals surface area contributed by atoms with Crippen molar-refractivity contribution in [2.24, 2.45) is 0 Å². The number of carboxylic acids is 1. The number of H-pyrrole nitrogens is 1. The van der Waals surface area contributed by atoms with Gasteiger partial charge in [0.15, 0.2) is 0 Å². The van der Waals surface area contributed by atoms with Crippen LogP contribution in [0.4, 0.5) is 0 Å². The van der Waals surface area contributed by atoms with Crippen LogP contribution in [0, 0.1) is 12.3 Å². The van der Waals surface area contributed by atoms with Gasteiger partial charge in [-0.1, -0.05) is 5.92 Å². The van der Waals surface area contributed by atoms with Crippen molar-refractivity contribution in [3.8, 4) is 12.3 Å². The molecule has 0 amide bonds. The fourth-order valence-electron chi connectivity index (χ4n) is 1.87. The summed E-state index contributed by atoms with van der Waals surface area (Å²) in [4.78, 5) is 19.7. The second-order valence-electron chi connectivity index (χ2n) is 3.96. The largest absolute Gasteiger partial charge is 0.480 e. The number of nitrogens with zero attached hydrogens (tertiary/aromatic N) is 2. The summed E-state index contributed by atoms with van der Waals surface area (Å²) in [5.41, 5.74) is 1.79. The van der Waals surface area contributed by atoms with Crippen LogP contribution in [0.1, 0.15) is 5.56 Å². The summed E-state index contributed by atoms with van der Waals surface area (Å²) >= 11 is 0. The van der Waals surface area contributed by atoms with Crippen molar-refractivity contribution in [3.63, 3.8) is 0 Å². The molecule has 0 atom stereocenters. The number of pyridine rings is 1. The van der Waals surface area contributed by atoms with Crippen molar-refractivity contribution in [2.45, 2.75) is 6.54 Å². The molecule has 92 valence electrons. The first-order chi connectivity index (χ1) is 8.70. The minimum absolute atomic E-state index is 0.0723. The van der Waals surface area contributed by atoms with Gasteiger partial charge >= 0.3 is 5.97 Å². The van der Waals surface area contributed by atoms with Crippen molar-refractivity contribution in [3.05, 3.63) is 30.1 Å². The number of fused-ring (bicyclic) bond motifs is 1. The van der Waals surface area contributed by atoms with Gasteiger partial charge in [-0.2, -0.15) is 0 Å². The van der Waals surface area contributed by atoms with E-state index in [-0.39, 0.29) is 6.54 Å². The first-order valence-corrected chi connectivity index (χ1v) is 5.49. The maximum atomic E-state index is 10.7. The number of hydrogen-bond acceptors (Lipinski definition) is 3. The number of hydrogen-bond donors (Lipinski definition) is 2. The average Bonchev–Trinajstić information content (AvgIpc) is 2.72. The molecule has 0 aliphatic rings. The van der Waals surface area contributed by atoms with Crippen molar-refractivity contribution < 1.29 is 9.90 Å². The van der Waals surface area contributed by atoms with E-state index < -0.39 is 5.97 Å². The zero-order chi connectivity index (χ0) is 13.0. The molecule has 0 aliphatic heterocycles. The van der Waals surface area contributed by atoms with Gasteiger partial charge in [0.25, 0.3) is 0 Å². The Kier molecular flexibility index (Phi) is 3.60. The lowest BCUT2D eigenvalue weighted by molar-refractivity contribution is -0.138. The standard InChI is InChI=1S/C13H13N3O2/c1-2-6-16(9-12(17)18)8-10-7-15-13-11(10)4-3-5-14-13/h1,3-5,7H,6,8-9H2,(H,14,15)(H,17,18). The fourth-order valence-corrected chi connectivity index (χ4v) is 1.87. The Hall–Kier alpha value is -2.32. The van der Waals surface area contributed by atoms with Gasteiger partial charge < -0.3 is 10.1 Å². The molecule has 5 heteroatoms. The molecule has 2 rings (SSSR count). The van der Waals surface area contributed by atoms with Gasteiger partial charge in [0.1, 0.15) is 5.65 Å². The summed E-state index contributed by atoms with van der Waals surface area (Å²) in [6, 6.07) is 3.80. The van der Waals surface area contributed by atoms with Gasteiger partial charge in [0.05, 0.1) is 13.1 Å². The van der Waals surface area contributed by atoms with E-state index in [0.717, 1.165) is 16.6 Å². The third-order valence-corrected chi connectivity index (χ3v) is 2.60. The molecule has 0 aliphatic carbocycles. The first-order valence-electron chi connectivity index (χ1n) is 5.49. The number of carbonyl (C=O) groups is 1. The van der Waals surface area contributed by atoms with Gasteiger partial charge in [-0.25, -0.2) is 4.98 Å². The molecule has 2 aromatic heterocycles. The highest BCUT2D eigenvalue weighted by atomic mass is 16.4. The maximum absolute atomic E-state index is 10.7. The minimum Gasteiger partial charge on any atom is -0.480 e. The van der Waals surface area contributed by atoms with Crippen molar-refractivity contribution >= 4 is 17.0 Å². The Morgan fingerprint density at radius 1 is 1.61 bits per heavy atom. The van der Waals surface area contributed by atoms with E-state index in [1.807, 2.05) is 18.3 Å². The molecule has 18 heavy (non-hydrogen) atoms. The molecule has 0 saturated carbocycles. The van der Waals surface area contributed by atoms with Crippen LogP contribution in [-0.2, 0) is 11.3 Å². The molecule has 0 aromatic carbocycles. The zero-order valence-electron chi connectivity index (χ0n) is 9.76. The summed E-state index contributed by atoms with van der Waals surface area (Å²) in [5.74, 6) is 1.58. The summed E-state index contributed by atoms with van der Waals surface area (Å²) in [5, 5.41) is 9.81. The van der Waals surface area contributed by atoms with E-state index >= 15 is 0 Å². The predicted octanol–water partition coefficient (Wildman–Crippen LogP) is 1.08. The molecule has 0 saturated heterocycles. The second-order valence-corrected chi connectivity index (χ2v) is 3.96. The monoisotopic (exact) mass is 243 g/mol. The predicted molar refractivity (Wildman–Crippen MR) is 67.8 cm³/mol. The molecule has 0 spiro atoms. The molecule has 0 radical (unpaired) electrons. The van der Waals surface area contributed by atoms with Crippen molar-refractivity contribution in [1.82, 2.24) is 14.9 Å². The Balaban J connectivity index is 2.20. The van der Waals surface area contributed by atoms with E-state index in [0.29, 0.717) is 13.1 Å². The number of aliphatic carboxylic acids is 1. The number of aromatic amines is 1. The lowest BCUT2D eigenvalue weighted by Crippen LogP contribution is -2.29. The average molecular weight is 243 g/mol. The van der Waals surface area contributed by atoms with E-state index in [1.165, 1.54) is 0 Å². The highest BCUT2D eigenvalue weighted by Crippen LogP contribution is 2.17. The Labute approximate surface area is 104 Å². The van der Waals surface area contributed by atoms with Gasteiger partial charge in [0.2, 0.25) is 0 Å². The van der Waals surface area contributed by atoms with Crippen LogP contribution in [0.5, 0.6) is 0 Å². The fraction of sp³-hybridized carbons (Fsp3) is 0.231. The van der Waals surface area contributed by atoms with Crippen LogP contribution < -0.4 is 0 Å². The third kappa shape index (κ3) is 2.67. The lowest BCUT2D eigenvalue weighted by atomic mass is 10.2. The zero-order valence-corrected chi connectivity index (χ0v) is 9.76. The number of nitrogens with one attached hydrogen (secondary N) is 1. The van der Waals surface area contributed by atoms with E-state index in [1.54, 1.807) is 11.1 Å². The normalized spacial score (nSPS) is 10.7. The molecule has 2 N–H and O–H groups in total. The highest BCUT2D eigenvalue weighted by molar-refractivity contribution is 5.79. The maximum Gasteiger partial charge on any atom is 0.317 e. The topological polar surface area (TPSA) is 69.2 Å². The smallest absolute Gasteiger partial charge is 0.317 e. The Morgan fingerprint density at radius 3 is 3.17 bits per heavy atom. The van der Waals surface area contributed by atoms with Crippen LogP contribution in [0.2, 0.25) is 0 Å². The number of terminal acetylenes is 1. The summed E-state index contributed by atoms with van der Waals surface area (Å²) < 4.78 is 0. The number of rotatable bonds is 5. The summed E-state index contributed by atoms with van der Waals surface area (Å²) in [6.45, 7) is 0.721. The van der Waals surface area contributed by atoms with E-state index in [2.05, 4.69) is 15.9 Å². The minimum atomic E-state index is -0.886. The SMILES string of the molecule is C#CCN(CC(=O)O)Cc1c[nH]c2ncccc12. The van der Waals surface area contributed by atoms with Crippen LogP contribution in [0.25, 0.3) is 11.0 Å². The van der Waals surface area contributed by atoms with Crippen LogP contribution in [0.15, 0.2) is 24.5 Å². The first kappa shape index (κ1) is 12.1. The van der Waals surface area contributed by atoms with Crippen LogP contribution in [0.3, 0.4) is 0 Å². The lowest BCUT2D eigenvalue weighted by Gasteiger charge is -2.16. The molecule has 0 unspecified atom stereocenters. The van der Waals surface area contributed by atoms with Crippen LogP contribution in [-0.4, -0.2) is 39.0 Å². The van der Waals surface area contributed by atoms with Gasteiger partial charge in [-0.05, 0) is 17.7 Å². The molecule has 0 fully saturated rings. The van der Waals surface area contributed by atoms with Crippen LogP contribution >= 0.6 is 0 Å². The third-order valence-electron chi connectivity index (χ3n) is 2.60. The van der Waals surface area contributed by atoms with E-state index in [4.69, 9.17) is 11.5 Å². The van der Waals surface area contributed by atoms with Crippen molar-refractivity contribution in [2.75, 3.05) is 13.1 Å². The number of aromatic nitrogens is 2. The van der Waals surface area contributed by atoms with Crippen molar-refractivity contribution in [1.29, 1.82) is 0 Å². The number of carboxylic acid groups (broad SMARTS) is 1. The van der Waals surface area contributed by atoms with E-state index in [9.17, 15) is 4.79 Å². The highest BCUT2D eigenvalue weighted by Gasteiger charge is 2.12. The Morgan fingerprint density at radius 2 is 2.44 bits per heavy atom. The molecule has 5 nitrogen and oxygen atoms in total. The second kappa shape index (κ2) is 5.34. The molecule has 0 bridgehead atoms. The molecular weight excluding hydrogens is 230 g/mol. The molecule has 2 heterocycles. The van der Waals surface area contributed by atoms with Gasteiger partial charge in [0, 0.05) is 24.3 Å². The summed E-state index contributed by atoms with van der Waals surface area (Å²) in [7, 11) is 0. The van der Waals surface area contributed by atoms with Gasteiger partial charge in [-0.3, -0.25) is 9.69 Å². The molecule has 2 aromatic rings. The quantitative estimate of drug-likeness (QED) is 0.771.